The van der Waals surface area contributed by atoms with E-state index in [1.165, 1.54) is 0 Å². The van der Waals surface area contributed by atoms with Gasteiger partial charge < -0.3 is 10.6 Å². The Morgan fingerprint density at radius 1 is 1.30 bits per heavy atom. The lowest BCUT2D eigenvalue weighted by atomic mass is 9.93. The summed E-state index contributed by atoms with van der Waals surface area (Å²) >= 11 is 0. The maximum Gasteiger partial charge on any atom is 0.251 e. The highest BCUT2D eigenvalue weighted by molar-refractivity contribution is 5.94. The molecule has 4 nitrogen and oxygen atoms in total. The van der Waals surface area contributed by atoms with E-state index in [4.69, 9.17) is 0 Å². The summed E-state index contributed by atoms with van der Waals surface area (Å²) < 4.78 is 0. The van der Waals surface area contributed by atoms with Gasteiger partial charge in [0.15, 0.2) is 0 Å². The van der Waals surface area contributed by atoms with Crippen LogP contribution < -0.4 is 10.6 Å². The molecule has 0 aliphatic heterocycles. The minimum absolute atomic E-state index is 0.0649. The molecule has 0 spiro atoms. The Hall–Kier alpha value is -2.10. The summed E-state index contributed by atoms with van der Waals surface area (Å²) in [6.07, 6.45) is 7.82. The molecule has 0 aromatic heterocycles. The van der Waals surface area contributed by atoms with Crippen LogP contribution in [0, 0.1) is 5.92 Å². The maximum atomic E-state index is 12.2. The van der Waals surface area contributed by atoms with Gasteiger partial charge >= 0.3 is 0 Å². The maximum absolute atomic E-state index is 12.2. The molecule has 1 aromatic carbocycles. The van der Waals surface area contributed by atoms with Crippen molar-refractivity contribution >= 4 is 11.8 Å². The van der Waals surface area contributed by atoms with Crippen LogP contribution in [0.1, 0.15) is 55.5 Å². The largest absolute Gasteiger partial charge is 0.352 e. The first-order valence-corrected chi connectivity index (χ1v) is 8.42. The van der Waals surface area contributed by atoms with Crippen LogP contribution in [0.15, 0.2) is 36.4 Å². The molecule has 2 amide bonds. The SMILES string of the molecule is CC[C@@H](C)NC(=O)c1cccc(CNC(=O)[C@H]2CC=CCC2)c1. The molecule has 0 fully saturated rings. The van der Waals surface area contributed by atoms with Crippen LogP contribution in [0.4, 0.5) is 0 Å². The van der Waals surface area contributed by atoms with E-state index in [1.807, 2.05) is 32.0 Å². The third-order valence-electron chi connectivity index (χ3n) is 4.29. The van der Waals surface area contributed by atoms with Gasteiger partial charge in [-0.2, -0.15) is 0 Å². The molecule has 0 saturated heterocycles. The summed E-state index contributed by atoms with van der Waals surface area (Å²) in [4.78, 5) is 24.3. The molecule has 0 radical (unpaired) electrons. The summed E-state index contributed by atoms with van der Waals surface area (Å²) in [6.45, 7) is 4.49. The molecular formula is C19H26N2O2. The van der Waals surface area contributed by atoms with Gasteiger partial charge in [-0.25, -0.2) is 0 Å². The fraction of sp³-hybridized carbons (Fsp3) is 0.474. The zero-order valence-electron chi connectivity index (χ0n) is 14.0. The van der Waals surface area contributed by atoms with E-state index in [-0.39, 0.29) is 23.8 Å². The van der Waals surface area contributed by atoms with Crippen molar-refractivity contribution in [3.63, 3.8) is 0 Å². The first-order valence-electron chi connectivity index (χ1n) is 8.42. The second kappa shape index (κ2) is 8.51. The fourth-order valence-corrected chi connectivity index (χ4v) is 2.60. The van der Waals surface area contributed by atoms with Crippen molar-refractivity contribution in [3.05, 3.63) is 47.5 Å². The lowest BCUT2D eigenvalue weighted by Gasteiger charge is -2.17. The van der Waals surface area contributed by atoms with Gasteiger partial charge in [0.25, 0.3) is 5.91 Å². The monoisotopic (exact) mass is 314 g/mol. The molecule has 0 unspecified atom stereocenters. The molecule has 0 saturated carbocycles. The van der Waals surface area contributed by atoms with Crippen LogP contribution in [0.5, 0.6) is 0 Å². The Bertz CT molecular complexity index is 580. The molecule has 1 aliphatic rings. The highest BCUT2D eigenvalue weighted by Crippen LogP contribution is 2.18. The van der Waals surface area contributed by atoms with Crippen molar-refractivity contribution in [1.29, 1.82) is 0 Å². The van der Waals surface area contributed by atoms with Crippen LogP contribution in [-0.2, 0) is 11.3 Å². The van der Waals surface area contributed by atoms with Crippen molar-refractivity contribution in [3.8, 4) is 0 Å². The fourth-order valence-electron chi connectivity index (χ4n) is 2.60. The van der Waals surface area contributed by atoms with E-state index in [1.54, 1.807) is 6.07 Å². The summed E-state index contributed by atoms with van der Waals surface area (Å²) in [7, 11) is 0. The van der Waals surface area contributed by atoms with Gasteiger partial charge in [0.1, 0.15) is 0 Å². The normalized spacial score (nSPS) is 18.3. The zero-order valence-corrected chi connectivity index (χ0v) is 14.0. The number of carbonyl (C=O) groups excluding carboxylic acids is 2. The summed E-state index contributed by atoms with van der Waals surface area (Å²) in [5, 5.41) is 5.94. The van der Waals surface area contributed by atoms with E-state index < -0.39 is 0 Å². The lowest BCUT2D eigenvalue weighted by Crippen LogP contribution is -2.32. The van der Waals surface area contributed by atoms with Crippen LogP contribution in [0.25, 0.3) is 0 Å². The summed E-state index contributed by atoms with van der Waals surface area (Å²) in [5.74, 6) is 0.116. The van der Waals surface area contributed by atoms with E-state index in [2.05, 4.69) is 22.8 Å². The predicted octanol–water partition coefficient (Wildman–Crippen LogP) is 3.19. The van der Waals surface area contributed by atoms with Crippen LogP contribution in [0.3, 0.4) is 0 Å². The Morgan fingerprint density at radius 3 is 2.83 bits per heavy atom. The predicted molar refractivity (Wildman–Crippen MR) is 92.0 cm³/mol. The van der Waals surface area contributed by atoms with Gasteiger partial charge in [-0.1, -0.05) is 31.2 Å². The van der Waals surface area contributed by atoms with Gasteiger partial charge in [0.2, 0.25) is 5.91 Å². The number of hydrogen-bond donors (Lipinski definition) is 2. The van der Waals surface area contributed by atoms with Gasteiger partial charge in [0.05, 0.1) is 0 Å². The molecule has 124 valence electrons. The Labute approximate surface area is 138 Å². The average Bonchev–Trinajstić information content (AvgIpc) is 2.60. The standard InChI is InChI=1S/C19H26N2O2/c1-3-14(2)21-19(23)17-11-7-8-15(12-17)13-20-18(22)16-9-5-4-6-10-16/h4-5,7-8,11-12,14,16H,3,6,9-10,13H2,1-2H3,(H,20,22)(H,21,23)/t14-,16+/m1/s1. The molecule has 2 atom stereocenters. The first-order chi connectivity index (χ1) is 11.1. The van der Waals surface area contributed by atoms with Crippen LogP contribution >= 0.6 is 0 Å². The second-order valence-electron chi connectivity index (χ2n) is 6.18. The van der Waals surface area contributed by atoms with Gasteiger partial charge in [-0.15, -0.1) is 0 Å². The molecule has 2 N–H and O–H groups in total. The smallest absolute Gasteiger partial charge is 0.251 e. The van der Waals surface area contributed by atoms with Crippen molar-refractivity contribution in [1.82, 2.24) is 10.6 Å². The minimum atomic E-state index is -0.0649. The topological polar surface area (TPSA) is 58.2 Å². The van der Waals surface area contributed by atoms with Crippen molar-refractivity contribution < 1.29 is 9.59 Å². The summed E-state index contributed by atoms with van der Waals surface area (Å²) in [6, 6.07) is 7.59. The summed E-state index contributed by atoms with van der Waals surface area (Å²) in [5.41, 5.74) is 1.58. The lowest BCUT2D eigenvalue weighted by molar-refractivity contribution is -0.125. The Balaban J connectivity index is 1.90. The molecule has 1 aliphatic carbocycles. The van der Waals surface area contributed by atoms with E-state index in [0.717, 1.165) is 31.2 Å². The zero-order chi connectivity index (χ0) is 16.7. The average molecular weight is 314 g/mol. The minimum Gasteiger partial charge on any atom is -0.352 e. The Kier molecular flexibility index (Phi) is 6.39. The van der Waals surface area contributed by atoms with Crippen LogP contribution in [0.2, 0.25) is 0 Å². The molecule has 0 heterocycles. The van der Waals surface area contributed by atoms with Crippen molar-refractivity contribution in [2.24, 2.45) is 5.92 Å². The Morgan fingerprint density at radius 2 is 2.13 bits per heavy atom. The molecule has 23 heavy (non-hydrogen) atoms. The number of amides is 2. The number of benzene rings is 1. The number of hydrogen-bond acceptors (Lipinski definition) is 2. The van der Waals surface area contributed by atoms with Gasteiger partial charge in [-0.3, -0.25) is 9.59 Å². The molecule has 4 heteroatoms. The van der Waals surface area contributed by atoms with Crippen LogP contribution in [-0.4, -0.2) is 17.9 Å². The number of allylic oxidation sites excluding steroid dienone is 2. The van der Waals surface area contributed by atoms with E-state index >= 15 is 0 Å². The first kappa shape index (κ1) is 17.3. The third-order valence-corrected chi connectivity index (χ3v) is 4.29. The molecule has 1 aromatic rings. The van der Waals surface area contributed by atoms with E-state index in [0.29, 0.717) is 12.1 Å². The highest BCUT2D eigenvalue weighted by Gasteiger charge is 2.18. The van der Waals surface area contributed by atoms with Crippen molar-refractivity contribution in [2.45, 2.75) is 52.1 Å². The number of carbonyl (C=O) groups is 2. The van der Waals surface area contributed by atoms with Crippen molar-refractivity contribution in [2.75, 3.05) is 0 Å². The quantitative estimate of drug-likeness (QED) is 0.792. The molecular weight excluding hydrogens is 288 g/mol. The third kappa shape index (κ3) is 5.23. The second-order valence-corrected chi connectivity index (χ2v) is 6.18. The molecule has 2 rings (SSSR count). The molecule has 0 bridgehead atoms. The number of nitrogens with one attached hydrogen (secondary N) is 2. The van der Waals surface area contributed by atoms with E-state index in [9.17, 15) is 9.59 Å². The highest BCUT2D eigenvalue weighted by atomic mass is 16.2. The number of rotatable bonds is 6. The van der Waals surface area contributed by atoms with Gasteiger partial charge in [0, 0.05) is 24.1 Å². The van der Waals surface area contributed by atoms with Gasteiger partial charge in [-0.05, 0) is 50.3 Å².